The van der Waals surface area contributed by atoms with E-state index in [1.165, 1.54) is 25.9 Å². The van der Waals surface area contributed by atoms with Crippen molar-refractivity contribution in [3.05, 3.63) is 12.2 Å². The fraction of sp³-hybridized carbons (Fsp3) is 0.833. The van der Waals surface area contributed by atoms with Gasteiger partial charge in [-0.3, -0.25) is 0 Å². The number of hydrogen-bond acceptors (Lipinski definition) is 3. The first-order valence-electron chi connectivity index (χ1n) is 5.84. The van der Waals surface area contributed by atoms with Crippen LogP contribution in [0.1, 0.15) is 19.8 Å². The van der Waals surface area contributed by atoms with E-state index in [0.29, 0.717) is 6.61 Å². The number of likely N-dealkylation sites (tertiary alicyclic amines) is 1. The highest BCUT2D eigenvalue weighted by Gasteiger charge is 2.16. The maximum Gasteiger partial charge on any atom is 0.0672 e. The number of nitrogens with one attached hydrogen (secondary N) is 1. The molecule has 1 aliphatic heterocycles. The average Bonchev–Trinajstić information content (AvgIpc) is 2.25. The summed E-state index contributed by atoms with van der Waals surface area (Å²) in [7, 11) is 2.05. The number of hydrogen-bond donors (Lipinski definition) is 1. The van der Waals surface area contributed by atoms with Gasteiger partial charge in [0.15, 0.2) is 0 Å². The van der Waals surface area contributed by atoms with Crippen molar-refractivity contribution in [3.63, 3.8) is 0 Å². The molecule has 88 valence electrons. The van der Waals surface area contributed by atoms with Crippen LogP contribution >= 0.6 is 0 Å². The molecular formula is C12H24N2O. The normalized spacial score (nSPS) is 19.3. The topological polar surface area (TPSA) is 24.5 Å². The molecule has 0 aromatic carbocycles. The molecule has 3 nitrogen and oxygen atoms in total. The van der Waals surface area contributed by atoms with Crippen molar-refractivity contribution in [1.29, 1.82) is 0 Å². The molecule has 15 heavy (non-hydrogen) atoms. The quantitative estimate of drug-likeness (QED) is 0.530. The van der Waals surface area contributed by atoms with Gasteiger partial charge in [0, 0.05) is 12.6 Å². The Morgan fingerprint density at radius 1 is 1.47 bits per heavy atom. The Balaban J connectivity index is 2.01. The van der Waals surface area contributed by atoms with Crippen LogP contribution in [0.25, 0.3) is 0 Å². The molecule has 0 atom stereocenters. The van der Waals surface area contributed by atoms with Crippen LogP contribution in [0.15, 0.2) is 12.2 Å². The third-order valence-electron chi connectivity index (χ3n) is 2.90. The third-order valence-corrected chi connectivity index (χ3v) is 2.90. The van der Waals surface area contributed by atoms with Crippen LogP contribution in [0, 0.1) is 0 Å². The largest absolute Gasteiger partial charge is 0.376 e. The van der Waals surface area contributed by atoms with Crippen LogP contribution in [0.4, 0.5) is 0 Å². The van der Waals surface area contributed by atoms with E-state index in [1.807, 2.05) is 6.92 Å². The molecule has 0 saturated carbocycles. The lowest BCUT2D eigenvalue weighted by Crippen LogP contribution is -2.42. The van der Waals surface area contributed by atoms with E-state index in [0.717, 1.165) is 24.8 Å². The summed E-state index contributed by atoms with van der Waals surface area (Å²) in [5.74, 6) is 0. The zero-order valence-electron chi connectivity index (χ0n) is 10.1. The second kappa shape index (κ2) is 6.99. The third kappa shape index (κ3) is 5.30. The van der Waals surface area contributed by atoms with E-state index in [1.54, 1.807) is 0 Å². The molecule has 0 aliphatic carbocycles. The van der Waals surface area contributed by atoms with Gasteiger partial charge in [-0.15, -0.1) is 0 Å². The van der Waals surface area contributed by atoms with E-state index >= 15 is 0 Å². The summed E-state index contributed by atoms with van der Waals surface area (Å²) < 4.78 is 5.49. The van der Waals surface area contributed by atoms with Crippen molar-refractivity contribution in [2.75, 3.05) is 39.9 Å². The fourth-order valence-electron chi connectivity index (χ4n) is 1.89. The molecule has 1 saturated heterocycles. The molecule has 0 aromatic rings. The van der Waals surface area contributed by atoms with Crippen LogP contribution in [-0.2, 0) is 4.74 Å². The van der Waals surface area contributed by atoms with Gasteiger partial charge in [-0.1, -0.05) is 12.2 Å². The van der Waals surface area contributed by atoms with E-state index in [9.17, 15) is 0 Å². The molecule has 1 aliphatic rings. The lowest BCUT2D eigenvalue weighted by molar-refractivity contribution is 0.105. The lowest BCUT2D eigenvalue weighted by atomic mass is 10.1. The van der Waals surface area contributed by atoms with Crippen molar-refractivity contribution < 1.29 is 4.74 Å². The van der Waals surface area contributed by atoms with E-state index in [4.69, 9.17) is 4.74 Å². The Kier molecular flexibility index (Phi) is 5.91. The minimum Gasteiger partial charge on any atom is -0.376 e. The van der Waals surface area contributed by atoms with Gasteiger partial charge in [-0.25, -0.2) is 0 Å². The van der Waals surface area contributed by atoms with Crippen molar-refractivity contribution >= 4 is 0 Å². The van der Waals surface area contributed by atoms with Crippen LogP contribution in [0.5, 0.6) is 0 Å². The van der Waals surface area contributed by atoms with Gasteiger partial charge in [0.05, 0.1) is 13.2 Å². The monoisotopic (exact) mass is 212 g/mol. The standard InChI is InChI=1S/C12H24N2O/c1-11(2)10-15-9-8-14-6-4-12(13-3)5-7-14/h12-13H,1,4-10H2,2-3H3. The molecule has 1 N–H and O–H groups in total. The summed E-state index contributed by atoms with van der Waals surface area (Å²) in [5.41, 5.74) is 1.10. The van der Waals surface area contributed by atoms with E-state index < -0.39 is 0 Å². The molecule has 1 fully saturated rings. The zero-order chi connectivity index (χ0) is 11.1. The maximum absolute atomic E-state index is 5.49. The highest BCUT2D eigenvalue weighted by atomic mass is 16.5. The van der Waals surface area contributed by atoms with Crippen molar-refractivity contribution in [2.24, 2.45) is 0 Å². The molecule has 3 heteroatoms. The predicted octanol–water partition coefficient (Wildman–Crippen LogP) is 1.26. The minimum atomic E-state index is 0.701. The van der Waals surface area contributed by atoms with Gasteiger partial charge in [-0.05, 0) is 39.9 Å². The first-order chi connectivity index (χ1) is 7.22. The second-order valence-electron chi connectivity index (χ2n) is 4.41. The molecule has 0 unspecified atom stereocenters. The van der Waals surface area contributed by atoms with Gasteiger partial charge in [-0.2, -0.15) is 0 Å². The summed E-state index contributed by atoms with van der Waals surface area (Å²) in [4.78, 5) is 2.48. The van der Waals surface area contributed by atoms with Crippen LogP contribution < -0.4 is 5.32 Å². The predicted molar refractivity (Wildman–Crippen MR) is 64.2 cm³/mol. The molecule has 1 heterocycles. The summed E-state index contributed by atoms with van der Waals surface area (Å²) in [6.07, 6.45) is 2.52. The molecule has 0 bridgehead atoms. The van der Waals surface area contributed by atoms with Crippen molar-refractivity contribution in [1.82, 2.24) is 10.2 Å². The molecule has 0 radical (unpaired) electrons. The smallest absolute Gasteiger partial charge is 0.0672 e. The van der Waals surface area contributed by atoms with Gasteiger partial charge < -0.3 is 15.0 Å². The zero-order valence-corrected chi connectivity index (χ0v) is 10.1. The molecule has 0 amide bonds. The SMILES string of the molecule is C=C(C)COCCN1CCC(NC)CC1. The lowest BCUT2D eigenvalue weighted by Gasteiger charge is -2.31. The fourth-order valence-corrected chi connectivity index (χ4v) is 1.89. The second-order valence-corrected chi connectivity index (χ2v) is 4.41. The van der Waals surface area contributed by atoms with Crippen molar-refractivity contribution in [2.45, 2.75) is 25.8 Å². The average molecular weight is 212 g/mol. The first-order valence-corrected chi connectivity index (χ1v) is 5.84. The van der Waals surface area contributed by atoms with Crippen LogP contribution in [0.3, 0.4) is 0 Å². The molecular weight excluding hydrogens is 188 g/mol. The minimum absolute atomic E-state index is 0.701. The van der Waals surface area contributed by atoms with Crippen molar-refractivity contribution in [3.8, 4) is 0 Å². The molecule has 0 spiro atoms. The summed E-state index contributed by atoms with van der Waals surface area (Å²) in [6.45, 7) is 10.8. The summed E-state index contributed by atoms with van der Waals surface area (Å²) >= 11 is 0. The summed E-state index contributed by atoms with van der Waals surface area (Å²) in [5, 5.41) is 3.34. The van der Waals surface area contributed by atoms with E-state index in [2.05, 4.69) is 23.8 Å². The van der Waals surface area contributed by atoms with Crippen LogP contribution in [-0.4, -0.2) is 50.8 Å². The Labute approximate surface area is 93.5 Å². The Morgan fingerprint density at radius 2 is 2.13 bits per heavy atom. The Bertz CT molecular complexity index is 186. The number of ether oxygens (including phenoxy) is 1. The maximum atomic E-state index is 5.49. The van der Waals surface area contributed by atoms with Crippen LogP contribution in [0.2, 0.25) is 0 Å². The number of nitrogens with zero attached hydrogens (tertiary/aromatic N) is 1. The van der Waals surface area contributed by atoms with E-state index in [-0.39, 0.29) is 0 Å². The summed E-state index contributed by atoms with van der Waals surface area (Å²) in [6, 6.07) is 0.720. The highest BCUT2D eigenvalue weighted by molar-refractivity contribution is 4.87. The molecule has 0 aromatic heterocycles. The number of piperidine rings is 1. The Morgan fingerprint density at radius 3 is 2.67 bits per heavy atom. The molecule has 1 rings (SSSR count). The van der Waals surface area contributed by atoms with Gasteiger partial charge >= 0.3 is 0 Å². The van der Waals surface area contributed by atoms with Gasteiger partial charge in [0.2, 0.25) is 0 Å². The van der Waals surface area contributed by atoms with Gasteiger partial charge in [0.25, 0.3) is 0 Å². The number of rotatable bonds is 6. The Hall–Kier alpha value is -0.380. The first kappa shape index (κ1) is 12.7. The highest BCUT2D eigenvalue weighted by Crippen LogP contribution is 2.09. The van der Waals surface area contributed by atoms with Gasteiger partial charge in [0.1, 0.15) is 0 Å².